The fraction of sp³-hybridized carbons (Fsp3) is 0.448. The van der Waals surface area contributed by atoms with Crippen molar-refractivity contribution >= 4 is 46.0 Å². The molecule has 0 atom stereocenters. The van der Waals surface area contributed by atoms with Crippen LogP contribution in [0.25, 0.3) is 21.7 Å². The first-order chi connectivity index (χ1) is 20.3. The molecule has 2 fully saturated rings. The van der Waals surface area contributed by atoms with Gasteiger partial charge in [0.15, 0.2) is 5.76 Å². The zero-order chi connectivity index (χ0) is 29.4. The summed E-state index contributed by atoms with van der Waals surface area (Å²) in [6.45, 7) is 7.42. The molecule has 4 aromatic rings. The Morgan fingerprint density at radius 2 is 1.98 bits per heavy atom. The summed E-state index contributed by atoms with van der Waals surface area (Å²) in [5, 5.41) is 7.23. The molecule has 6 rings (SSSR count). The molecule has 3 aromatic heterocycles. The Balaban J connectivity index is 1.27. The quantitative estimate of drug-likeness (QED) is 0.299. The molecule has 5 heterocycles. The number of likely N-dealkylation sites (tertiary alicyclic amines) is 2. The van der Waals surface area contributed by atoms with Gasteiger partial charge in [0.2, 0.25) is 0 Å². The Morgan fingerprint density at radius 3 is 2.67 bits per heavy atom. The van der Waals surface area contributed by atoms with E-state index in [0.29, 0.717) is 51.5 Å². The van der Waals surface area contributed by atoms with Crippen molar-refractivity contribution in [3.8, 4) is 16.6 Å². The van der Waals surface area contributed by atoms with E-state index in [1.165, 1.54) is 11.3 Å². The van der Waals surface area contributed by atoms with Gasteiger partial charge in [-0.1, -0.05) is 22.8 Å². The van der Waals surface area contributed by atoms with Crippen molar-refractivity contribution in [3.63, 3.8) is 0 Å². The van der Waals surface area contributed by atoms with E-state index in [4.69, 9.17) is 25.6 Å². The minimum Gasteiger partial charge on any atom is -0.378 e. The summed E-state index contributed by atoms with van der Waals surface area (Å²) in [7, 11) is 1.64. The fourth-order valence-corrected chi connectivity index (χ4v) is 6.39. The van der Waals surface area contributed by atoms with Gasteiger partial charge in [0.1, 0.15) is 11.2 Å². The summed E-state index contributed by atoms with van der Waals surface area (Å²) in [5.41, 5.74) is 2.12. The van der Waals surface area contributed by atoms with Gasteiger partial charge >= 0.3 is 12.1 Å². The van der Waals surface area contributed by atoms with Gasteiger partial charge in [0.25, 0.3) is 5.91 Å². The molecule has 0 saturated carbocycles. The van der Waals surface area contributed by atoms with Crippen LogP contribution in [-0.2, 0) is 11.3 Å². The molecule has 0 spiro atoms. The first-order valence-electron chi connectivity index (χ1n) is 14.0. The number of aromatic nitrogens is 3. The number of fused-ring (bicyclic) bond motifs is 1. The predicted octanol–water partition coefficient (Wildman–Crippen LogP) is 4.89. The first kappa shape index (κ1) is 28.7. The molecule has 2 aliphatic rings. The molecule has 222 valence electrons. The third kappa shape index (κ3) is 5.89. The Bertz CT molecular complexity index is 1580. The molecule has 2 aliphatic heterocycles. The van der Waals surface area contributed by atoms with Crippen LogP contribution in [0.2, 0.25) is 4.34 Å². The van der Waals surface area contributed by atoms with Gasteiger partial charge < -0.3 is 29.1 Å². The third-order valence-electron chi connectivity index (χ3n) is 7.90. The zero-order valence-electron chi connectivity index (χ0n) is 23.7. The normalized spacial score (nSPS) is 16.7. The average Bonchev–Trinajstić information content (AvgIpc) is 3.67. The number of ether oxygens (including phenoxy) is 2. The van der Waals surface area contributed by atoms with Gasteiger partial charge in [-0.3, -0.25) is 9.36 Å². The summed E-state index contributed by atoms with van der Waals surface area (Å²) < 4.78 is 19.1. The van der Waals surface area contributed by atoms with Crippen LogP contribution in [0.3, 0.4) is 0 Å². The van der Waals surface area contributed by atoms with E-state index >= 15 is 0 Å². The number of carbonyl (C=O) groups is 2. The van der Waals surface area contributed by atoms with Crippen LogP contribution < -0.4 is 10.1 Å². The maximum absolute atomic E-state index is 13.4. The predicted molar refractivity (Wildman–Crippen MR) is 159 cm³/mol. The summed E-state index contributed by atoms with van der Waals surface area (Å²) >= 11 is 7.49. The molecule has 2 amide bonds. The number of amides is 2. The minimum absolute atomic E-state index is 0.0123. The number of hydrogen-bond donors (Lipinski definition) is 1. The average molecular weight is 613 g/mol. The van der Waals surface area contributed by atoms with Crippen molar-refractivity contribution in [1.82, 2.24) is 29.8 Å². The Labute approximate surface area is 252 Å². The van der Waals surface area contributed by atoms with E-state index < -0.39 is 6.09 Å². The van der Waals surface area contributed by atoms with E-state index in [0.717, 1.165) is 30.8 Å². The largest absolute Gasteiger partial charge is 0.415 e. The van der Waals surface area contributed by atoms with Crippen LogP contribution in [0, 0.1) is 0 Å². The molecular formula is C29H33ClN6O5S. The van der Waals surface area contributed by atoms with Crippen molar-refractivity contribution in [2.45, 2.75) is 51.4 Å². The fourth-order valence-electron chi connectivity index (χ4n) is 5.40. The number of nitrogens with one attached hydrogen (secondary N) is 1. The van der Waals surface area contributed by atoms with Crippen LogP contribution in [0.1, 0.15) is 42.7 Å². The Hall–Kier alpha value is -3.45. The molecule has 0 bridgehead atoms. The highest BCUT2D eigenvalue weighted by Crippen LogP contribution is 2.33. The molecule has 1 N–H and O–H groups in total. The smallest absolute Gasteiger partial charge is 0.378 e. The summed E-state index contributed by atoms with van der Waals surface area (Å²) in [6, 6.07) is 11.4. The van der Waals surface area contributed by atoms with Crippen molar-refractivity contribution in [2.75, 3.05) is 33.3 Å². The highest BCUT2D eigenvalue weighted by Gasteiger charge is 2.33. The number of para-hydroxylation sites is 1. The number of benzene rings is 1. The molecule has 0 aliphatic carbocycles. The molecular weight excluding hydrogens is 580 g/mol. The number of carbonyl (C=O) groups excluding carboxylic acids is 2. The summed E-state index contributed by atoms with van der Waals surface area (Å²) in [6.07, 6.45) is 1.13. The number of nitrogens with zero attached hydrogens (tertiary/aromatic N) is 5. The number of methoxy groups -OCH3 is 1. The number of hydrogen-bond acceptors (Lipinski definition) is 9. The molecule has 42 heavy (non-hydrogen) atoms. The van der Waals surface area contributed by atoms with E-state index in [1.807, 2.05) is 18.2 Å². The van der Waals surface area contributed by atoms with Crippen molar-refractivity contribution in [3.05, 3.63) is 52.0 Å². The summed E-state index contributed by atoms with van der Waals surface area (Å²) in [4.78, 5) is 36.1. The molecule has 2 saturated heterocycles. The number of imidazole rings is 1. The van der Waals surface area contributed by atoms with Crippen LogP contribution in [0.4, 0.5) is 4.79 Å². The van der Waals surface area contributed by atoms with Gasteiger partial charge in [0, 0.05) is 51.4 Å². The van der Waals surface area contributed by atoms with Gasteiger partial charge in [-0.25, -0.2) is 4.79 Å². The molecule has 13 heteroatoms. The van der Waals surface area contributed by atoms with Crippen molar-refractivity contribution in [1.29, 1.82) is 0 Å². The van der Waals surface area contributed by atoms with Gasteiger partial charge in [-0.05, 0) is 51.0 Å². The molecule has 0 unspecified atom stereocenters. The second-order valence-electron chi connectivity index (χ2n) is 10.9. The third-order valence-corrected chi connectivity index (χ3v) is 9.15. The van der Waals surface area contributed by atoms with E-state index in [2.05, 4.69) is 34.2 Å². The van der Waals surface area contributed by atoms with Crippen LogP contribution in [0.5, 0.6) is 6.01 Å². The monoisotopic (exact) mass is 612 g/mol. The van der Waals surface area contributed by atoms with Gasteiger partial charge in [0.05, 0.1) is 32.9 Å². The van der Waals surface area contributed by atoms with Crippen LogP contribution >= 0.6 is 22.9 Å². The lowest BCUT2D eigenvalue weighted by atomic mass is 10.0. The second kappa shape index (κ2) is 12.0. The topological polar surface area (TPSA) is 115 Å². The molecule has 0 radical (unpaired) electrons. The summed E-state index contributed by atoms with van der Waals surface area (Å²) in [5.74, 6) is 0.436. The van der Waals surface area contributed by atoms with Crippen molar-refractivity contribution in [2.24, 2.45) is 0 Å². The minimum atomic E-state index is -0.581. The molecule has 11 nitrogen and oxygen atoms in total. The molecule has 1 aromatic carbocycles. The Morgan fingerprint density at radius 1 is 1.19 bits per heavy atom. The highest BCUT2D eigenvalue weighted by molar-refractivity contribution is 7.19. The van der Waals surface area contributed by atoms with E-state index in [1.54, 1.807) is 34.8 Å². The lowest BCUT2D eigenvalue weighted by Gasteiger charge is -2.38. The second-order valence-corrected chi connectivity index (χ2v) is 12.7. The Kier molecular flexibility index (Phi) is 8.22. The number of thiophene rings is 1. The van der Waals surface area contributed by atoms with E-state index in [9.17, 15) is 9.59 Å². The maximum atomic E-state index is 13.4. The lowest BCUT2D eigenvalue weighted by molar-refractivity contribution is -0.0191. The SMILES string of the molecule is COC1CN(C(=O)c2cccc3c2nc(OC(=O)NC2CCN(C(C)C)CC2)n3Cc2cc(-c3ccc(Cl)s3)on2)C1. The van der Waals surface area contributed by atoms with E-state index in [-0.39, 0.29) is 30.6 Å². The number of piperidine rings is 1. The number of halogens is 1. The first-order valence-corrected chi connectivity index (χ1v) is 15.2. The van der Waals surface area contributed by atoms with Gasteiger partial charge in [-0.15, -0.1) is 11.3 Å². The zero-order valence-corrected chi connectivity index (χ0v) is 25.3. The van der Waals surface area contributed by atoms with Gasteiger partial charge in [-0.2, -0.15) is 4.98 Å². The highest BCUT2D eigenvalue weighted by atomic mass is 35.5. The number of rotatable bonds is 8. The lowest BCUT2D eigenvalue weighted by Crippen LogP contribution is -2.54. The maximum Gasteiger partial charge on any atom is 0.415 e. The van der Waals surface area contributed by atoms with Crippen LogP contribution in [0.15, 0.2) is 40.9 Å². The van der Waals surface area contributed by atoms with Crippen molar-refractivity contribution < 1.29 is 23.6 Å². The van der Waals surface area contributed by atoms with Crippen LogP contribution in [-0.4, -0.2) is 88.0 Å². The standard InChI is InChI=1S/C29H33ClN6O5S/c1-17(2)34-11-9-18(10-12-34)31-29(38)40-28-32-26-21(27(37)35-15-20(16-35)39-3)5-4-6-22(26)36(28)14-19-13-23(41-33-19)24-7-8-25(30)42-24/h4-8,13,17-18,20H,9-12,14-16H2,1-3H3,(H,31,38).